The summed E-state index contributed by atoms with van der Waals surface area (Å²) in [6.07, 6.45) is 2.49. The summed E-state index contributed by atoms with van der Waals surface area (Å²) in [4.78, 5) is 2.58. The number of benzene rings is 1. The first kappa shape index (κ1) is 11.7. The third-order valence-electron chi connectivity index (χ3n) is 3.53. The molecule has 0 spiro atoms. The molecule has 0 N–H and O–H groups in total. The van der Waals surface area contributed by atoms with Gasteiger partial charge in [0, 0.05) is 13.1 Å². The molecule has 1 heterocycles. The minimum atomic E-state index is 0.645. The van der Waals surface area contributed by atoms with Gasteiger partial charge in [-0.25, -0.2) is 0 Å². The Hall–Kier alpha value is -0.820. The van der Waals surface area contributed by atoms with Crippen molar-refractivity contribution in [2.45, 2.75) is 46.1 Å². The summed E-state index contributed by atoms with van der Waals surface area (Å²) in [5, 5.41) is 0. The molecule has 0 fully saturated rings. The van der Waals surface area contributed by atoms with E-state index in [9.17, 15) is 0 Å². The van der Waals surface area contributed by atoms with E-state index in [4.69, 9.17) is 0 Å². The molecule has 0 saturated heterocycles. The normalized spacial score (nSPS) is 16.5. The first-order chi connectivity index (χ1) is 7.70. The molecule has 1 aliphatic heterocycles. The Labute approximate surface area is 99.5 Å². The maximum absolute atomic E-state index is 2.58. The molecule has 1 aliphatic rings. The molecule has 1 nitrogen and oxygen atoms in total. The zero-order valence-electron chi connectivity index (χ0n) is 10.8. The van der Waals surface area contributed by atoms with Crippen molar-refractivity contribution in [1.29, 1.82) is 0 Å². The van der Waals surface area contributed by atoms with E-state index in [0.29, 0.717) is 5.92 Å². The van der Waals surface area contributed by atoms with Crippen LogP contribution in [0.15, 0.2) is 18.2 Å². The highest BCUT2D eigenvalue weighted by Crippen LogP contribution is 2.23. The van der Waals surface area contributed by atoms with Gasteiger partial charge < -0.3 is 0 Å². The van der Waals surface area contributed by atoms with E-state index < -0.39 is 0 Å². The van der Waals surface area contributed by atoms with Gasteiger partial charge in [-0.1, -0.05) is 39.0 Å². The maximum atomic E-state index is 2.58. The van der Waals surface area contributed by atoms with Gasteiger partial charge in [0.15, 0.2) is 0 Å². The Bertz CT molecular complexity index is 354. The lowest BCUT2D eigenvalue weighted by molar-refractivity contribution is 0.254. The van der Waals surface area contributed by atoms with Gasteiger partial charge in [0.1, 0.15) is 0 Å². The highest BCUT2D eigenvalue weighted by Gasteiger charge is 2.15. The van der Waals surface area contributed by atoms with Crippen molar-refractivity contribution in [3.63, 3.8) is 0 Å². The second-order valence-electron chi connectivity index (χ2n) is 5.21. The summed E-state index contributed by atoms with van der Waals surface area (Å²) >= 11 is 0. The van der Waals surface area contributed by atoms with E-state index in [0.717, 1.165) is 6.54 Å². The third kappa shape index (κ3) is 2.46. The van der Waals surface area contributed by atoms with Crippen molar-refractivity contribution in [2.75, 3.05) is 13.1 Å². The zero-order chi connectivity index (χ0) is 11.5. The van der Waals surface area contributed by atoms with Crippen LogP contribution in [0.3, 0.4) is 0 Å². The molecule has 1 heteroatoms. The lowest BCUT2D eigenvalue weighted by atomic mass is 9.93. The van der Waals surface area contributed by atoms with Gasteiger partial charge in [-0.05, 0) is 42.0 Å². The van der Waals surface area contributed by atoms with Gasteiger partial charge in [-0.3, -0.25) is 4.90 Å². The number of fused-ring (bicyclic) bond motifs is 1. The first-order valence-electron chi connectivity index (χ1n) is 6.54. The van der Waals surface area contributed by atoms with Crippen LogP contribution >= 0.6 is 0 Å². The molecule has 88 valence electrons. The molecule has 0 atom stereocenters. The quantitative estimate of drug-likeness (QED) is 0.748. The molecule has 1 aromatic carbocycles. The molecule has 0 saturated carbocycles. The summed E-state index contributed by atoms with van der Waals surface area (Å²) in [5.74, 6) is 0.645. The van der Waals surface area contributed by atoms with Crippen LogP contribution in [0.1, 0.15) is 49.8 Å². The van der Waals surface area contributed by atoms with E-state index in [1.54, 1.807) is 11.1 Å². The van der Waals surface area contributed by atoms with Crippen LogP contribution in [-0.2, 0) is 13.0 Å². The monoisotopic (exact) mass is 217 g/mol. The summed E-state index contributed by atoms with van der Waals surface area (Å²) in [7, 11) is 0. The summed E-state index contributed by atoms with van der Waals surface area (Å²) in [6, 6.07) is 7.06. The molecular formula is C15H23N. The maximum Gasteiger partial charge on any atom is 0.0236 e. The van der Waals surface area contributed by atoms with Crippen molar-refractivity contribution in [2.24, 2.45) is 0 Å². The molecule has 0 radical (unpaired) electrons. The number of rotatable bonds is 3. The highest BCUT2D eigenvalue weighted by molar-refractivity contribution is 5.35. The fraction of sp³-hybridized carbons (Fsp3) is 0.600. The topological polar surface area (TPSA) is 3.24 Å². The molecule has 0 bridgehead atoms. The van der Waals surface area contributed by atoms with E-state index in [1.165, 1.54) is 31.5 Å². The summed E-state index contributed by atoms with van der Waals surface area (Å²) in [5.41, 5.74) is 4.61. The highest BCUT2D eigenvalue weighted by atomic mass is 15.1. The Morgan fingerprint density at radius 3 is 2.75 bits per heavy atom. The largest absolute Gasteiger partial charge is 0.299 e. The van der Waals surface area contributed by atoms with Crippen LogP contribution in [0, 0.1) is 0 Å². The number of hydrogen-bond acceptors (Lipinski definition) is 1. The predicted molar refractivity (Wildman–Crippen MR) is 69.8 cm³/mol. The first-order valence-corrected chi connectivity index (χ1v) is 6.54. The van der Waals surface area contributed by atoms with Crippen molar-refractivity contribution < 1.29 is 0 Å². The van der Waals surface area contributed by atoms with Gasteiger partial charge in [-0.15, -0.1) is 0 Å². The fourth-order valence-electron chi connectivity index (χ4n) is 2.50. The van der Waals surface area contributed by atoms with Gasteiger partial charge in [0.25, 0.3) is 0 Å². The fourth-order valence-corrected chi connectivity index (χ4v) is 2.50. The Morgan fingerprint density at radius 2 is 2.06 bits per heavy atom. The zero-order valence-corrected chi connectivity index (χ0v) is 10.8. The second-order valence-corrected chi connectivity index (χ2v) is 5.21. The molecule has 0 unspecified atom stereocenters. The standard InChI is InChI=1S/C15H23N/c1-4-8-16-9-7-13-5-6-14(12(2)3)10-15(13)11-16/h5-6,10,12H,4,7-9,11H2,1-3H3. The number of nitrogens with zero attached hydrogens (tertiary/aromatic N) is 1. The van der Waals surface area contributed by atoms with Crippen LogP contribution < -0.4 is 0 Å². The van der Waals surface area contributed by atoms with Crippen LogP contribution in [0.4, 0.5) is 0 Å². The van der Waals surface area contributed by atoms with Gasteiger partial charge in [0.05, 0.1) is 0 Å². The van der Waals surface area contributed by atoms with Crippen LogP contribution in [0.5, 0.6) is 0 Å². The summed E-state index contributed by atoms with van der Waals surface area (Å²) < 4.78 is 0. The van der Waals surface area contributed by atoms with E-state index >= 15 is 0 Å². The Morgan fingerprint density at radius 1 is 1.25 bits per heavy atom. The molecule has 0 aliphatic carbocycles. The lowest BCUT2D eigenvalue weighted by Crippen LogP contribution is -2.31. The molecular weight excluding hydrogens is 194 g/mol. The minimum absolute atomic E-state index is 0.645. The smallest absolute Gasteiger partial charge is 0.0236 e. The van der Waals surface area contributed by atoms with Gasteiger partial charge in [-0.2, -0.15) is 0 Å². The van der Waals surface area contributed by atoms with Crippen LogP contribution in [0.25, 0.3) is 0 Å². The lowest BCUT2D eigenvalue weighted by Gasteiger charge is -2.29. The van der Waals surface area contributed by atoms with Crippen molar-refractivity contribution >= 4 is 0 Å². The van der Waals surface area contributed by atoms with Gasteiger partial charge in [0.2, 0.25) is 0 Å². The third-order valence-corrected chi connectivity index (χ3v) is 3.53. The molecule has 1 aromatic rings. The average molecular weight is 217 g/mol. The van der Waals surface area contributed by atoms with Crippen LogP contribution in [-0.4, -0.2) is 18.0 Å². The van der Waals surface area contributed by atoms with E-state index in [1.807, 2.05) is 0 Å². The predicted octanol–water partition coefficient (Wildman–Crippen LogP) is 3.58. The number of hydrogen-bond donors (Lipinski definition) is 0. The molecule has 0 aromatic heterocycles. The van der Waals surface area contributed by atoms with Gasteiger partial charge >= 0.3 is 0 Å². The molecule has 2 rings (SSSR count). The SMILES string of the molecule is CCCN1CCc2ccc(C(C)C)cc2C1. The Balaban J connectivity index is 2.18. The molecule has 16 heavy (non-hydrogen) atoms. The summed E-state index contributed by atoms with van der Waals surface area (Å²) in [6.45, 7) is 10.4. The van der Waals surface area contributed by atoms with E-state index in [2.05, 4.69) is 43.9 Å². The van der Waals surface area contributed by atoms with E-state index in [-0.39, 0.29) is 0 Å². The average Bonchev–Trinajstić information content (AvgIpc) is 2.28. The van der Waals surface area contributed by atoms with Crippen molar-refractivity contribution in [3.8, 4) is 0 Å². The Kier molecular flexibility index (Phi) is 3.65. The second kappa shape index (κ2) is 5.01. The van der Waals surface area contributed by atoms with Crippen LogP contribution in [0.2, 0.25) is 0 Å². The minimum Gasteiger partial charge on any atom is -0.299 e. The molecule has 0 amide bonds. The van der Waals surface area contributed by atoms with Crippen molar-refractivity contribution in [3.05, 3.63) is 34.9 Å². The van der Waals surface area contributed by atoms with Crippen molar-refractivity contribution in [1.82, 2.24) is 4.90 Å².